The summed E-state index contributed by atoms with van der Waals surface area (Å²) in [6.45, 7) is 5.29. The van der Waals surface area contributed by atoms with E-state index in [1.807, 2.05) is 22.7 Å². The fourth-order valence-corrected chi connectivity index (χ4v) is 4.33. The number of hydrogen-bond acceptors (Lipinski definition) is 3. The highest BCUT2D eigenvalue weighted by Gasteiger charge is 2.15. The van der Waals surface area contributed by atoms with E-state index in [-0.39, 0.29) is 6.04 Å². The Hall–Kier alpha value is -1.42. The smallest absolute Gasteiger partial charge is 0.0673 e. The molecule has 3 aromatic rings. The summed E-state index contributed by atoms with van der Waals surface area (Å²) in [7, 11) is 0. The quantitative estimate of drug-likeness (QED) is 0.673. The third-order valence-corrected chi connectivity index (χ3v) is 5.55. The average molecular weight is 313 g/mol. The lowest BCUT2D eigenvalue weighted by atomic mass is 10.0. The second-order valence-electron chi connectivity index (χ2n) is 5.18. The van der Waals surface area contributed by atoms with Crippen molar-refractivity contribution in [3.05, 3.63) is 79.7 Å². The average Bonchev–Trinajstić information content (AvgIpc) is 3.11. The van der Waals surface area contributed by atoms with Crippen LogP contribution in [-0.4, -0.2) is 0 Å². The summed E-state index contributed by atoms with van der Waals surface area (Å²) in [5.41, 5.74) is 2.74. The first-order valence-corrected chi connectivity index (χ1v) is 8.81. The molecule has 0 aliphatic heterocycles. The van der Waals surface area contributed by atoms with Crippen LogP contribution in [0.4, 0.5) is 0 Å². The van der Waals surface area contributed by atoms with Gasteiger partial charge in [0.2, 0.25) is 0 Å². The number of benzene rings is 1. The second-order valence-corrected chi connectivity index (χ2v) is 7.62. The lowest BCUT2D eigenvalue weighted by molar-refractivity contribution is 0.613. The molecule has 0 aliphatic rings. The molecule has 0 aliphatic carbocycles. The van der Waals surface area contributed by atoms with Crippen LogP contribution in [0.2, 0.25) is 0 Å². The molecule has 1 nitrogen and oxygen atoms in total. The Labute approximate surface area is 134 Å². The lowest BCUT2D eigenvalue weighted by Crippen LogP contribution is -2.21. The van der Waals surface area contributed by atoms with Crippen LogP contribution >= 0.6 is 22.7 Å². The number of rotatable bonds is 5. The Morgan fingerprint density at radius 3 is 2.48 bits per heavy atom. The van der Waals surface area contributed by atoms with Crippen LogP contribution in [0, 0.1) is 13.8 Å². The van der Waals surface area contributed by atoms with Crippen LogP contribution in [0.5, 0.6) is 0 Å². The Morgan fingerprint density at radius 1 is 1.05 bits per heavy atom. The molecule has 1 N–H and O–H groups in total. The van der Waals surface area contributed by atoms with E-state index in [2.05, 4.69) is 73.1 Å². The van der Waals surface area contributed by atoms with Gasteiger partial charge in [0.25, 0.3) is 0 Å². The van der Waals surface area contributed by atoms with Crippen molar-refractivity contribution < 1.29 is 0 Å². The van der Waals surface area contributed by atoms with Crippen LogP contribution in [-0.2, 0) is 6.54 Å². The molecule has 3 heteroatoms. The highest BCUT2D eigenvalue weighted by atomic mass is 32.1. The van der Waals surface area contributed by atoms with Crippen molar-refractivity contribution in [2.45, 2.75) is 26.4 Å². The Balaban J connectivity index is 1.82. The van der Waals surface area contributed by atoms with Gasteiger partial charge in [-0.25, -0.2) is 0 Å². The molecule has 0 fully saturated rings. The van der Waals surface area contributed by atoms with Gasteiger partial charge in [-0.1, -0.05) is 36.4 Å². The molecular weight excluding hydrogens is 294 g/mol. The third kappa shape index (κ3) is 3.43. The van der Waals surface area contributed by atoms with Gasteiger partial charge < -0.3 is 5.32 Å². The number of thiophene rings is 2. The van der Waals surface area contributed by atoms with E-state index in [9.17, 15) is 0 Å². The van der Waals surface area contributed by atoms with Crippen molar-refractivity contribution in [1.82, 2.24) is 5.32 Å². The van der Waals surface area contributed by atoms with Crippen molar-refractivity contribution in [2.75, 3.05) is 0 Å². The summed E-state index contributed by atoms with van der Waals surface area (Å²) in [5.74, 6) is 0. The summed E-state index contributed by atoms with van der Waals surface area (Å²) in [6, 6.07) is 17.6. The number of hydrogen-bond donors (Lipinski definition) is 1. The van der Waals surface area contributed by atoms with Crippen LogP contribution in [0.15, 0.2) is 53.9 Å². The zero-order valence-corrected chi connectivity index (χ0v) is 13.9. The van der Waals surface area contributed by atoms with Gasteiger partial charge in [-0.05, 0) is 42.5 Å². The van der Waals surface area contributed by atoms with E-state index in [1.165, 1.54) is 25.8 Å². The predicted octanol–water partition coefficient (Wildman–Crippen LogP) is 5.31. The van der Waals surface area contributed by atoms with Crippen LogP contribution in [0.3, 0.4) is 0 Å². The zero-order chi connectivity index (χ0) is 14.7. The molecule has 108 valence electrons. The van der Waals surface area contributed by atoms with Crippen LogP contribution in [0.25, 0.3) is 0 Å². The third-order valence-electron chi connectivity index (χ3n) is 3.60. The summed E-state index contributed by atoms with van der Waals surface area (Å²) < 4.78 is 0. The van der Waals surface area contributed by atoms with Gasteiger partial charge in [0.05, 0.1) is 6.04 Å². The van der Waals surface area contributed by atoms with Crippen molar-refractivity contribution in [1.29, 1.82) is 0 Å². The molecule has 0 saturated heterocycles. The first-order chi connectivity index (χ1) is 10.2. The SMILES string of the molecule is Cc1cc(CNC(c2ccccc2)c2cccs2)c(C)s1. The molecule has 3 rings (SSSR count). The maximum Gasteiger partial charge on any atom is 0.0673 e. The summed E-state index contributed by atoms with van der Waals surface area (Å²) in [6.07, 6.45) is 0. The molecule has 1 atom stereocenters. The zero-order valence-electron chi connectivity index (χ0n) is 12.3. The fourth-order valence-electron chi connectivity index (χ4n) is 2.55. The standard InChI is InChI=1S/C18H19NS2/c1-13-11-16(14(2)21-13)12-19-18(17-9-6-10-20-17)15-7-4-3-5-8-15/h3-11,18-19H,12H2,1-2H3. The van der Waals surface area contributed by atoms with Gasteiger partial charge in [-0.15, -0.1) is 22.7 Å². The normalized spacial score (nSPS) is 12.5. The second kappa shape index (κ2) is 6.56. The number of nitrogens with one attached hydrogen (secondary N) is 1. The first-order valence-electron chi connectivity index (χ1n) is 7.11. The Kier molecular flexibility index (Phi) is 4.54. The van der Waals surface area contributed by atoms with Gasteiger partial charge in [0.1, 0.15) is 0 Å². The molecule has 0 amide bonds. The van der Waals surface area contributed by atoms with Gasteiger partial charge in [-0.3, -0.25) is 0 Å². The maximum absolute atomic E-state index is 3.73. The highest BCUT2D eigenvalue weighted by Crippen LogP contribution is 2.27. The molecule has 0 radical (unpaired) electrons. The van der Waals surface area contributed by atoms with Gasteiger partial charge >= 0.3 is 0 Å². The molecule has 1 aromatic carbocycles. The van der Waals surface area contributed by atoms with E-state index in [0.717, 1.165) is 6.54 Å². The molecule has 2 aromatic heterocycles. The van der Waals surface area contributed by atoms with E-state index < -0.39 is 0 Å². The molecule has 0 bridgehead atoms. The van der Waals surface area contributed by atoms with E-state index in [0.29, 0.717) is 0 Å². The van der Waals surface area contributed by atoms with Crippen molar-refractivity contribution in [3.8, 4) is 0 Å². The van der Waals surface area contributed by atoms with E-state index >= 15 is 0 Å². The van der Waals surface area contributed by atoms with E-state index in [1.54, 1.807) is 0 Å². The Morgan fingerprint density at radius 2 is 1.86 bits per heavy atom. The molecule has 0 saturated carbocycles. The topological polar surface area (TPSA) is 12.0 Å². The van der Waals surface area contributed by atoms with Gasteiger partial charge in [0.15, 0.2) is 0 Å². The minimum Gasteiger partial charge on any atom is -0.301 e. The largest absolute Gasteiger partial charge is 0.301 e. The Bertz CT molecular complexity index is 683. The van der Waals surface area contributed by atoms with Crippen molar-refractivity contribution in [2.24, 2.45) is 0 Å². The monoisotopic (exact) mass is 313 g/mol. The first kappa shape index (κ1) is 14.5. The maximum atomic E-state index is 3.73. The molecule has 2 heterocycles. The minimum absolute atomic E-state index is 0.269. The van der Waals surface area contributed by atoms with E-state index in [4.69, 9.17) is 0 Å². The van der Waals surface area contributed by atoms with Crippen LogP contribution < -0.4 is 5.32 Å². The fraction of sp³-hybridized carbons (Fsp3) is 0.222. The van der Waals surface area contributed by atoms with Gasteiger partial charge in [-0.2, -0.15) is 0 Å². The summed E-state index contributed by atoms with van der Waals surface area (Å²) >= 11 is 3.69. The van der Waals surface area contributed by atoms with Crippen molar-refractivity contribution in [3.63, 3.8) is 0 Å². The lowest BCUT2D eigenvalue weighted by Gasteiger charge is -2.18. The highest BCUT2D eigenvalue weighted by molar-refractivity contribution is 7.12. The summed E-state index contributed by atoms with van der Waals surface area (Å²) in [4.78, 5) is 4.17. The predicted molar refractivity (Wildman–Crippen MR) is 93.2 cm³/mol. The number of aryl methyl sites for hydroxylation is 2. The molecular formula is C18H19NS2. The van der Waals surface area contributed by atoms with Gasteiger partial charge in [0, 0.05) is 21.2 Å². The summed E-state index contributed by atoms with van der Waals surface area (Å²) in [5, 5.41) is 5.87. The molecule has 0 spiro atoms. The molecule has 1 unspecified atom stereocenters. The molecule has 21 heavy (non-hydrogen) atoms. The van der Waals surface area contributed by atoms with Crippen molar-refractivity contribution >= 4 is 22.7 Å². The van der Waals surface area contributed by atoms with Crippen LogP contribution in [0.1, 0.15) is 31.8 Å². The minimum atomic E-state index is 0.269.